The molecule has 2 atom stereocenters. The smallest absolute Gasteiger partial charge is 0.347 e. The molecule has 0 N–H and O–H groups in total. The van der Waals surface area contributed by atoms with Gasteiger partial charge in [-0.25, -0.2) is 4.79 Å². The van der Waals surface area contributed by atoms with Gasteiger partial charge < -0.3 is 9.47 Å². The Bertz CT molecular complexity index is 412. The first-order chi connectivity index (χ1) is 8.43. The van der Waals surface area contributed by atoms with Crippen LogP contribution >= 0.6 is 0 Å². The summed E-state index contributed by atoms with van der Waals surface area (Å²) in [7, 11) is 0. The van der Waals surface area contributed by atoms with E-state index in [9.17, 15) is 4.79 Å². The summed E-state index contributed by atoms with van der Waals surface area (Å²) >= 11 is 0. The highest BCUT2D eigenvalue weighted by atomic mass is 16.6. The molecule has 0 fully saturated rings. The number of esters is 1. The van der Waals surface area contributed by atoms with Gasteiger partial charge in [-0.3, -0.25) is 0 Å². The van der Waals surface area contributed by atoms with Crippen molar-refractivity contribution < 1.29 is 14.3 Å². The molecule has 0 aromatic heterocycles. The molecule has 18 heavy (non-hydrogen) atoms. The highest BCUT2D eigenvalue weighted by molar-refractivity contribution is 5.74. The van der Waals surface area contributed by atoms with Crippen LogP contribution in [0.15, 0.2) is 18.2 Å². The van der Waals surface area contributed by atoms with E-state index >= 15 is 0 Å². The van der Waals surface area contributed by atoms with Crippen LogP contribution in [0.25, 0.3) is 0 Å². The molecule has 1 aromatic carbocycles. The zero-order valence-corrected chi connectivity index (χ0v) is 11.8. The van der Waals surface area contributed by atoms with Gasteiger partial charge in [-0.05, 0) is 45.7 Å². The van der Waals surface area contributed by atoms with Crippen LogP contribution in [0.1, 0.15) is 38.3 Å². The molecule has 0 saturated heterocycles. The molecule has 0 heterocycles. The van der Waals surface area contributed by atoms with E-state index in [1.54, 1.807) is 6.92 Å². The van der Waals surface area contributed by atoms with Gasteiger partial charge in [0.15, 0.2) is 6.10 Å². The van der Waals surface area contributed by atoms with Gasteiger partial charge >= 0.3 is 5.97 Å². The van der Waals surface area contributed by atoms with E-state index < -0.39 is 6.10 Å². The Hall–Kier alpha value is -1.51. The number of rotatable bonds is 5. The minimum atomic E-state index is -0.583. The standard InChI is InChI=1S/C15H22O3/c1-6-12(4)17-15(16)13(5)18-14-8-7-10(2)9-11(14)3/h7-9,12-13H,6H2,1-5H3. The summed E-state index contributed by atoms with van der Waals surface area (Å²) < 4.78 is 10.9. The van der Waals surface area contributed by atoms with Gasteiger partial charge in [-0.2, -0.15) is 0 Å². The minimum absolute atomic E-state index is 0.0670. The zero-order chi connectivity index (χ0) is 13.7. The normalized spacial score (nSPS) is 13.8. The van der Waals surface area contributed by atoms with Gasteiger partial charge in [0, 0.05) is 0 Å². The fourth-order valence-corrected chi connectivity index (χ4v) is 1.55. The average molecular weight is 250 g/mol. The van der Waals surface area contributed by atoms with E-state index in [0.717, 1.165) is 17.7 Å². The summed E-state index contributed by atoms with van der Waals surface area (Å²) in [5.41, 5.74) is 2.20. The molecule has 1 rings (SSSR count). The summed E-state index contributed by atoms with van der Waals surface area (Å²) in [6, 6.07) is 5.88. The molecule has 0 spiro atoms. The first-order valence-electron chi connectivity index (χ1n) is 6.38. The van der Waals surface area contributed by atoms with E-state index in [4.69, 9.17) is 9.47 Å². The van der Waals surface area contributed by atoms with Crippen LogP contribution in [0.5, 0.6) is 5.75 Å². The topological polar surface area (TPSA) is 35.5 Å². The molecule has 0 bridgehead atoms. The summed E-state index contributed by atoms with van der Waals surface area (Å²) in [5, 5.41) is 0. The fourth-order valence-electron chi connectivity index (χ4n) is 1.55. The highest BCUT2D eigenvalue weighted by Crippen LogP contribution is 2.20. The zero-order valence-electron chi connectivity index (χ0n) is 11.8. The second-order valence-electron chi connectivity index (χ2n) is 4.68. The number of carbonyl (C=O) groups is 1. The number of carbonyl (C=O) groups excluding carboxylic acids is 1. The predicted octanol–water partition coefficient (Wildman–Crippen LogP) is 3.41. The van der Waals surface area contributed by atoms with E-state index in [2.05, 4.69) is 0 Å². The van der Waals surface area contributed by atoms with Crippen molar-refractivity contribution in [2.45, 2.75) is 53.2 Å². The molecule has 0 aliphatic rings. The summed E-state index contributed by atoms with van der Waals surface area (Å²) in [6.07, 6.45) is 0.158. The van der Waals surface area contributed by atoms with Crippen LogP contribution in [0.2, 0.25) is 0 Å². The van der Waals surface area contributed by atoms with Crippen molar-refractivity contribution in [1.29, 1.82) is 0 Å². The first-order valence-corrected chi connectivity index (χ1v) is 6.38. The Labute approximate surface area is 109 Å². The Balaban J connectivity index is 2.63. The van der Waals surface area contributed by atoms with Gasteiger partial charge in [0.1, 0.15) is 5.75 Å². The van der Waals surface area contributed by atoms with Crippen molar-refractivity contribution in [2.75, 3.05) is 0 Å². The number of hydrogen-bond acceptors (Lipinski definition) is 3. The third-order valence-corrected chi connectivity index (χ3v) is 2.86. The number of benzene rings is 1. The molecule has 0 saturated carbocycles. The lowest BCUT2D eigenvalue weighted by molar-refractivity contribution is -0.155. The quantitative estimate of drug-likeness (QED) is 0.751. The maximum absolute atomic E-state index is 11.7. The van der Waals surface area contributed by atoms with Crippen LogP contribution in [-0.2, 0) is 9.53 Å². The van der Waals surface area contributed by atoms with Crippen molar-refractivity contribution in [1.82, 2.24) is 0 Å². The molecule has 1 aromatic rings. The Morgan fingerprint density at radius 2 is 1.94 bits per heavy atom. The Morgan fingerprint density at radius 1 is 1.28 bits per heavy atom. The van der Waals surface area contributed by atoms with Crippen LogP contribution < -0.4 is 4.74 Å². The molecule has 0 aliphatic heterocycles. The maximum atomic E-state index is 11.7. The molecule has 3 nitrogen and oxygen atoms in total. The fraction of sp³-hybridized carbons (Fsp3) is 0.533. The third kappa shape index (κ3) is 4.06. The summed E-state index contributed by atoms with van der Waals surface area (Å²) in [5.74, 6) is 0.415. The molecule has 3 heteroatoms. The highest BCUT2D eigenvalue weighted by Gasteiger charge is 2.19. The molecule has 0 radical (unpaired) electrons. The van der Waals surface area contributed by atoms with Crippen LogP contribution in [0.3, 0.4) is 0 Å². The lowest BCUT2D eigenvalue weighted by atomic mass is 10.1. The lowest BCUT2D eigenvalue weighted by Gasteiger charge is -2.18. The number of hydrogen-bond donors (Lipinski definition) is 0. The first kappa shape index (κ1) is 14.6. The van der Waals surface area contributed by atoms with E-state index in [0.29, 0.717) is 0 Å². The molecule has 100 valence electrons. The van der Waals surface area contributed by atoms with E-state index in [-0.39, 0.29) is 12.1 Å². The van der Waals surface area contributed by atoms with E-state index in [1.165, 1.54) is 5.56 Å². The van der Waals surface area contributed by atoms with Gasteiger partial charge in [-0.1, -0.05) is 24.6 Å². The third-order valence-electron chi connectivity index (χ3n) is 2.86. The monoisotopic (exact) mass is 250 g/mol. The maximum Gasteiger partial charge on any atom is 0.347 e. The predicted molar refractivity (Wildman–Crippen MR) is 71.9 cm³/mol. The second kappa shape index (κ2) is 6.43. The number of aryl methyl sites for hydroxylation is 2. The van der Waals surface area contributed by atoms with Crippen molar-refractivity contribution >= 4 is 5.97 Å². The van der Waals surface area contributed by atoms with Crippen molar-refractivity contribution in [3.05, 3.63) is 29.3 Å². The minimum Gasteiger partial charge on any atom is -0.479 e. The number of ether oxygens (including phenoxy) is 2. The van der Waals surface area contributed by atoms with Crippen LogP contribution in [0.4, 0.5) is 0 Å². The molecule has 0 amide bonds. The molecule has 0 aliphatic carbocycles. The summed E-state index contributed by atoms with van der Waals surface area (Å²) in [6.45, 7) is 9.56. The van der Waals surface area contributed by atoms with E-state index in [1.807, 2.05) is 45.9 Å². The van der Waals surface area contributed by atoms with Gasteiger partial charge in [0.2, 0.25) is 0 Å². The molecular weight excluding hydrogens is 228 g/mol. The summed E-state index contributed by atoms with van der Waals surface area (Å²) in [4.78, 5) is 11.7. The lowest BCUT2D eigenvalue weighted by Crippen LogP contribution is -2.29. The van der Waals surface area contributed by atoms with Crippen molar-refractivity contribution in [3.8, 4) is 5.75 Å². The Kier molecular flexibility index (Phi) is 5.20. The van der Waals surface area contributed by atoms with Gasteiger partial charge in [-0.15, -0.1) is 0 Å². The van der Waals surface area contributed by atoms with Crippen LogP contribution in [-0.4, -0.2) is 18.2 Å². The Morgan fingerprint density at radius 3 is 2.50 bits per heavy atom. The van der Waals surface area contributed by atoms with Crippen molar-refractivity contribution in [2.24, 2.45) is 0 Å². The van der Waals surface area contributed by atoms with Crippen LogP contribution in [0, 0.1) is 13.8 Å². The average Bonchev–Trinajstić information content (AvgIpc) is 2.32. The van der Waals surface area contributed by atoms with Crippen molar-refractivity contribution in [3.63, 3.8) is 0 Å². The molecule has 2 unspecified atom stereocenters. The van der Waals surface area contributed by atoms with Gasteiger partial charge in [0.05, 0.1) is 6.10 Å². The van der Waals surface area contributed by atoms with Gasteiger partial charge in [0.25, 0.3) is 0 Å². The largest absolute Gasteiger partial charge is 0.479 e. The SMILES string of the molecule is CCC(C)OC(=O)C(C)Oc1ccc(C)cc1C. The second-order valence-corrected chi connectivity index (χ2v) is 4.68. The molecular formula is C15H22O3.